The number of carbonyl (C=O) groups excluding carboxylic acids is 2. The number of piperidine rings is 1. The van der Waals surface area contributed by atoms with Crippen LogP contribution in [0.15, 0.2) is 6.07 Å². The maximum atomic E-state index is 15.3. The molecule has 1 aromatic rings. The zero-order chi connectivity index (χ0) is 19.1. The molecular weight excluding hydrogens is 352 g/mol. The van der Waals surface area contributed by atoms with Crippen LogP contribution in [0.2, 0.25) is 0 Å². The summed E-state index contributed by atoms with van der Waals surface area (Å²) in [4.78, 5) is 25.3. The van der Waals surface area contributed by atoms with E-state index in [1.54, 1.807) is 4.90 Å². The van der Waals surface area contributed by atoms with Gasteiger partial charge in [0.1, 0.15) is 17.7 Å². The van der Waals surface area contributed by atoms with Gasteiger partial charge in [-0.3, -0.25) is 14.9 Å². The summed E-state index contributed by atoms with van der Waals surface area (Å²) in [5.41, 5.74) is 1.19. The molecule has 2 N–H and O–H groups in total. The first kappa shape index (κ1) is 18.3. The van der Waals surface area contributed by atoms with E-state index in [1.807, 2.05) is 7.05 Å². The van der Waals surface area contributed by atoms with Gasteiger partial charge in [0, 0.05) is 35.8 Å². The molecule has 2 heterocycles. The SMILES string of the molecule is CNC1CCC(c2c(F)cc3c(c2F)CCN3C2CCC(=O)NC2=O)CC1. The molecule has 1 aliphatic carbocycles. The molecule has 0 radical (unpaired) electrons. The van der Waals surface area contributed by atoms with Crippen molar-refractivity contribution in [2.75, 3.05) is 18.5 Å². The largest absolute Gasteiger partial charge is 0.359 e. The molecule has 7 heteroatoms. The second kappa shape index (κ2) is 7.19. The molecule has 1 atom stereocenters. The molecule has 1 saturated carbocycles. The zero-order valence-electron chi connectivity index (χ0n) is 15.5. The molecule has 4 rings (SSSR count). The third-order valence-electron chi connectivity index (χ3n) is 6.37. The van der Waals surface area contributed by atoms with E-state index >= 15 is 4.39 Å². The number of hydrogen-bond acceptors (Lipinski definition) is 4. The van der Waals surface area contributed by atoms with Gasteiger partial charge in [0.25, 0.3) is 0 Å². The Hall–Kier alpha value is -2.02. The van der Waals surface area contributed by atoms with Crippen molar-refractivity contribution in [3.05, 3.63) is 28.8 Å². The maximum absolute atomic E-state index is 15.3. The minimum absolute atomic E-state index is 0.0930. The van der Waals surface area contributed by atoms with Gasteiger partial charge in [-0.25, -0.2) is 8.78 Å². The van der Waals surface area contributed by atoms with Crippen LogP contribution in [0, 0.1) is 11.6 Å². The lowest BCUT2D eigenvalue weighted by Gasteiger charge is -2.32. The van der Waals surface area contributed by atoms with Crippen LogP contribution in [0.4, 0.5) is 14.5 Å². The van der Waals surface area contributed by atoms with Crippen LogP contribution in [0.25, 0.3) is 0 Å². The average Bonchev–Trinajstić information content (AvgIpc) is 3.06. The quantitative estimate of drug-likeness (QED) is 0.794. The molecule has 2 fully saturated rings. The summed E-state index contributed by atoms with van der Waals surface area (Å²) in [6, 6.07) is 1.28. The Morgan fingerprint density at radius 1 is 1.11 bits per heavy atom. The number of anilines is 1. The Labute approximate surface area is 157 Å². The highest BCUT2D eigenvalue weighted by molar-refractivity contribution is 6.01. The number of hydrogen-bond donors (Lipinski definition) is 2. The van der Waals surface area contributed by atoms with E-state index in [-0.39, 0.29) is 29.7 Å². The number of nitrogens with zero attached hydrogens (tertiary/aromatic N) is 1. The van der Waals surface area contributed by atoms with Crippen LogP contribution in [0.1, 0.15) is 55.6 Å². The summed E-state index contributed by atoms with van der Waals surface area (Å²) in [7, 11) is 1.92. The van der Waals surface area contributed by atoms with Crippen LogP contribution in [0.3, 0.4) is 0 Å². The molecule has 1 unspecified atom stereocenters. The van der Waals surface area contributed by atoms with Crippen LogP contribution < -0.4 is 15.5 Å². The summed E-state index contributed by atoms with van der Waals surface area (Å²) in [5, 5.41) is 5.57. The molecule has 2 aliphatic heterocycles. The molecule has 0 spiro atoms. The second-order valence-corrected chi connectivity index (χ2v) is 7.83. The summed E-state index contributed by atoms with van der Waals surface area (Å²) in [6.45, 7) is 0.466. The van der Waals surface area contributed by atoms with Gasteiger partial charge < -0.3 is 10.2 Å². The number of amides is 2. The molecule has 146 valence electrons. The van der Waals surface area contributed by atoms with E-state index < -0.39 is 17.7 Å². The Kier molecular flexibility index (Phi) is 4.88. The minimum Gasteiger partial charge on any atom is -0.359 e. The Morgan fingerprint density at radius 3 is 2.52 bits per heavy atom. The average molecular weight is 377 g/mol. The normalized spacial score (nSPS) is 28.3. The van der Waals surface area contributed by atoms with Gasteiger partial charge in [-0.1, -0.05) is 0 Å². The standard InChI is InChI=1S/C20H25F2N3O2/c1-23-12-4-2-11(3-5-12)18-14(21)10-16-13(19(18)22)8-9-25(16)15-6-7-17(26)24-20(15)27/h10-12,15,23H,2-9H2,1H3,(H,24,26,27). The van der Waals surface area contributed by atoms with Crippen LogP contribution in [0.5, 0.6) is 0 Å². The van der Waals surface area contributed by atoms with Gasteiger partial charge in [0.2, 0.25) is 11.8 Å². The van der Waals surface area contributed by atoms with Gasteiger partial charge in [0.05, 0.1) is 0 Å². The summed E-state index contributed by atoms with van der Waals surface area (Å²) < 4.78 is 30.2. The molecule has 1 saturated heterocycles. The van der Waals surface area contributed by atoms with E-state index in [0.29, 0.717) is 36.7 Å². The first-order valence-corrected chi connectivity index (χ1v) is 9.78. The lowest BCUT2D eigenvalue weighted by molar-refractivity contribution is -0.134. The molecule has 27 heavy (non-hydrogen) atoms. The molecule has 0 aromatic heterocycles. The van der Waals surface area contributed by atoms with Crippen molar-refractivity contribution in [1.29, 1.82) is 0 Å². The van der Waals surface area contributed by atoms with Crippen molar-refractivity contribution < 1.29 is 18.4 Å². The van der Waals surface area contributed by atoms with Crippen molar-refractivity contribution >= 4 is 17.5 Å². The molecule has 5 nitrogen and oxygen atoms in total. The van der Waals surface area contributed by atoms with Gasteiger partial charge in [0.15, 0.2) is 0 Å². The van der Waals surface area contributed by atoms with Gasteiger partial charge in [-0.15, -0.1) is 0 Å². The molecule has 1 aromatic carbocycles. The van der Waals surface area contributed by atoms with Crippen LogP contribution in [-0.4, -0.2) is 37.5 Å². The third kappa shape index (κ3) is 3.22. The molecule has 3 aliphatic rings. The van der Waals surface area contributed by atoms with Crippen molar-refractivity contribution in [3.8, 4) is 0 Å². The Balaban J connectivity index is 1.61. The smallest absolute Gasteiger partial charge is 0.249 e. The Morgan fingerprint density at radius 2 is 1.85 bits per heavy atom. The monoisotopic (exact) mass is 377 g/mol. The number of nitrogens with one attached hydrogen (secondary N) is 2. The minimum atomic E-state index is -0.542. The van der Waals surface area contributed by atoms with Crippen molar-refractivity contribution in [1.82, 2.24) is 10.6 Å². The van der Waals surface area contributed by atoms with E-state index in [0.717, 1.165) is 25.7 Å². The summed E-state index contributed by atoms with van der Waals surface area (Å²) in [5.74, 6) is -1.72. The number of rotatable bonds is 3. The molecule has 2 amide bonds. The van der Waals surface area contributed by atoms with Crippen molar-refractivity contribution in [3.63, 3.8) is 0 Å². The highest BCUT2D eigenvalue weighted by Crippen LogP contribution is 2.42. The van der Waals surface area contributed by atoms with Crippen LogP contribution in [-0.2, 0) is 16.0 Å². The first-order chi connectivity index (χ1) is 13.0. The fourth-order valence-corrected chi connectivity index (χ4v) is 4.86. The lowest BCUT2D eigenvalue weighted by atomic mass is 9.80. The lowest BCUT2D eigenvalue weighted by Crippen LogP contribution is -2.52. The summed E-state index contributed by atoms with van der Waals surface area (Å²) in [6.07, 6.45) is 4.46. The van der Waals surface area contributed by atoms with E-state index in [2.05, 4.69) is 10.6 Å². The first-order valence-electron chi connectivity index (χ1n) is 9.78. The van der Waals surface area contributed by atoms with Gasteiger partial charge in [-0.05, 0) is 57.6 Å². The molecular formula is C20H25F2N3O2. The highest BCUT2D eigenvalue weighted by atomic mass is 19.1. The van der Waals surface area contributed by atoms with Crippen molar-refractivity contribution in [2.45, 2.75) is 62.9 Å². The van der Waals surface area contributed by atoms with E-state index in [9.17, 15) is 14.0 Å². The van der Waals surface area contributed by atoms with Gasteiger partial charge in [-0.2, -0.15) is 0 Å². The fourth-order valence-electron chi connectivity index (χ4n) is 4.86. The topological polar surface area (TPSA) is 61.4 Å². The number of halogens is 2. The number of carbonyl (C=O) groups is 2. The van der Waals surface area contributed by atoms with Gasteiger partial charge >= 0.3 is 0 Å². The third-order valence-corrected chi connectivity index (χ3v) is 6.37. The second-order valence-electron chi connectivity index (χ2n) is 7.83. The number of benzene rings is 1. The number of imide groups is 1. The predicted molar refractivity (Wildman–Crippen MR) is 97.6 cm³/mol. The van der Waals surface area contributed by atoms with Crippen molar-refractivity contribution in [2.24, 2.45) is 0 Å². The number of fused-ring (bicyclic) bond motifs is 1. The highest BCUT2D eigenvalue weighted by Gasteiger charge is 2.38. The predicted octanol–water partition coefficient (Wildman–Crippen LogP) is 2.38. The Bertz CT molecular complexity index is 775. The fraction of sp³-hybridized carbons (Fsp3) is 0.600. The maximum Gasteiger partial charge on any atom is 0.249 e. The van der Waals surface area contributed by atoms with E-state index in [4.69, 9.17) is 0 Å². The zero-order valence-corrected chi connectivity index (χ0v) is 15.5. The van der Waals surface area contributed by atoms with Crippen LogP contribution >= 0.6 is 0 Å². The molecule has 0 bridgehead atoms. The summed E-state index contributed by atoms with van der Waals surface area (Å²) >= 11 is 0. The van der Waals surface area contributed by atoms with E-state index in [1.165, 1.54) is 6.07 Å².